The highest BCUT2D eigenvalue weighted by Gasteiger charge is 2.31. The van der Waals surface area contributed by atoms with Gasteiger partial charge in [-0.15, -0.1) is 0 Å². The number of likely N-dealkylation sites (tertiary alicyclic amines) is 1. The van der Waals surface area contributed by atoms with Gasteiger partial charge in [-0.25, -0.2) is 0 Å². The molecule has 2 fully saturated rings. The van der Waals surface area contributed by atoms with E-state index < -0.39 is 10.2 Å². The Bertz CT molecular complexity index is 636. The van der Waals surface area contributed by atoms with Gasteiger partial charge in [0.1, 0.15) is 0 Å². The van der Waals surface area contributed by atoms with Crippen LogP contribution in [0.2, 0.25) is 0 Å². The molecular formula is C16H25N3O4S. The summed E-state index contributed by atoms with van der Waals surface area (Å²) in [5, 5.41) is 0. The summed E-state index contributed by atoms with van der Waals surface area (Å²) in [6.07, 6.45) is 6.98. The maximum atomic E-state index is 12.6. The normalized spacial score (nSPS) is 23.8. The first kappa shape index (κ1) is 17.4. The van der Waals surface area contributed by atoms with Gasteiger partial charge in [0, 0.05) is 32.2 Å². The van der Waals surface area contributed by atoms with Gasteiger partial charge in [-0.2, -0.15) is 17.4 Å². The predicted molar refractivity (Wildman–Crippen MR) is 89.7 cm³/mol. The highest BCUT2D eigenvalue weighted by atomic mass is 32.2. The second-order valence-electron chi connectivity index (χ2n) is 6.50. The fraction of sp³-hybridized carbons (Fsp3) is 0.688. The minimum atomic E-state index is -3.49. The first-order valence-corrected chi connectivity index (χ1v) is 10.1. The lowest BCUT2D eigenvalue weighted by molar-refractivity contribution is 0.0670. The summed E-state index contributed by atoms with van der Waals surface area (Å²) in [6, 6.07) is 3.07. The minimum Gasteiger partial charge on any atom is -0.459 e. The Balaban J connectivity index is 1.61. The maximum Gasteiger partial charge on any atom is 0.289 e. The molecule has 0 saturated carbocycles. The number of carbonyl (C=O) groups excluding carboxylic acids is 1. The lowest BCUT2D eigenvalue weighted by atomic mass is 10.1. The van der Waals surface area contributed by atoms with Crippen LogP contribution in [0.25, 0.3) is 0 Å². The first-order chi connectivity index (χ1) is 11.6. The molecule has 1 amide bonds. The molecular weight excluding hydrogens is 330 g/mol. The van der Waals surface area contributed by atoms with E-state index in [0.717, 1.165) is 38.5 Å². The standard InChI is InChI=1S/C16H25N3O4S/c20-16(15-8-6-12-23-15)18-9-5-7-14(13-18)17-24(21,22)19-10-3-1-2-4-11-19/h6,8,12,14,17H,1-5,7,9-11,13H2. The second kappa shape index (κ2) is 7.67. The van der Waals surface area contributed by atoms with Crippen LogP contribution in [0, 0.1) is 0 Å². The van der Waals surface area contributed by atoms with Gasteiger partial charge in [0.15, 0.2) is 5.76 Å². The third kappa shape index (κ3) is 4.17. The Morgan fingerprint density at radius 3 is 2.54 bits per heavy atom. The van der Waals surface area contributed by atoms with Gasteiger partial charge in [-0.1, -0.05) is 12.8 Å². The van der Waals surface area contributed by atoms with Crippen molar-refractivity contribution in [3.05, 3.63) is 24.2 Å². The van der Waals surface area contributed by atoms with Crippen molar-refractivity contribution in [2.45, 2.75) is 44.6 Å². The zero-order chi connectivity index (χ0) is 17.0. The molecule has 1 N–H and O–H groups in total. The van der Waals surface area contributed by atoms with Crippen molar-refractivity contribution in [3.8, 4) is 0 Å². The largest absolute Gasteiger partial charge is 0.459 e. The molecule has 134 valence electrons. The highest BCUT2D eigenvalue weighted by Crippen LogP contribution is 2.17. The molecule has 1 unspecified atom stereocenters. The van der Waals surface area contributed by atoms with E-state index in [0.29, 0.717) is 31.9 Å². The van der Waals surface area contributed by atoms with E-state index in [-0.39, 0.29) is 11.9 Å². The molecule has 2 aliphatic heterocycles. The molecule has 0 bridgehead atoms. The Hall–Kier alpha value is -1.38. The summed E-state index contributed by atoms with van der Waals surface area (Å²) < 4.78 is 34.7. The molecule has 3 heterocycles. The van der Waals surface area contributed by atoms with E-state index in [4.69, 9.17) is 4.42 Å². The number of piperidine rings is 1. The molecule has 2 aliphatic rings. The van der Waals surface area contributed by atoms with E-state index in [1.807, 2.05) is 0 Å². The van der Waals surface area contributed by atoms with Crippen molar-refractivity contribution < 1.29 is 17.6 Å². The quantitative estimate of drug-likeness (QED) is 0.889. The fourth-order valence-electron chi connectivity index (χ4n) is 3.38. The summed E-state index contributed by atoms with van der Waals surface area (Å²) >= 11 is 0. The number of carbonyl (C=O) groups is 1. The molecule has 1 aromatic rings. The molecule has 0 radical (unpaired) electrons. The van der Waals surface area contributed by atoms with Crippen molar-refractivity contribution in [3.63, 3.8) is 0 Å². The van der Waals surface area contributed by atoms with Crippen LogP contribution in [0.5, 0.6) is 0 Å². The minimum absolute atomic E-state index is 0.182. The third-order valence-electron chi connectivity index (χ3n) is 4.66. The average Bonchev–Trinajstić information content (AvgIpc) is 2.95. The van der Waals surface area contributed by atoms with E-state index in [2.05, 4.69) is 4.72 Å². The van der Waals surface area contributed by atoms with Crippen LogP contribution >= 0.6 is 0 Å². The number of amides is 1. The van der Waals surface area contributed by atoms with Crippen molar-refractivity contribution in [2.75, 3.05) is 26.2 Å². The number of nitrogens with zero attached hydrogens (tertiary/aromatic N) is 2. The number of rotatable bonds is 4. The summed E-state index contributed by atoms with van der Waals surface area (Å²) in [6.45, 7) is 2.17. The molecule has 3 rings (SSSR count). The van der Waals surface area contributed by atoms with Crippen LogP contribution in [0.15, 0.2) is 22.8 Å². The molecule has 24 heavy (non-hydrogen) atoms. The van der Waals surface area contributed by atoms with Gasteiger partial charge in [0.2, 0.25) is 0 Å². The Labute approximate surface area is 143 Å². The molecule has 0 aliphatic carbocycles. The van der Waals surface area contributed by atoms with Crippen molar-refractivity contribution >= 4 is 16.1 Å². The third-order valence-corrected chi connectivity index (χ3v) is 6.34. The van der Waals surface area contributed by atoms with Gasteiger partial charge in [-0.3, -0.25) is 4.79 Å². The van der Waals surface area contributed by atoms with Crippen LogP contribution in [-0.4, -0.2) is 55.8 Å². The van der Waals surface area contributed by atoms with Gasteiger partial charge < -0.3 is 9.32 Å². The Morgan fingerprint density at radius 2 is 1.88 bits per heavy atom. The molecule has 0 aromatic carbocycles. The van der Waals surface area contributed by atoms with Gasteiger partial charge in [0.25, 0.3) is 16.1 Å². The zero-order valence-corrected chi connectivity index (χ0v) is 14.6. The van der Waals surface area contributed by atoms with Crippen LogP contribution in [0.3, 0.4) is 0 Å². The van der Waals surface area contributed by atoms with Crippen molar-refractivity contribution in [1.82, 2.24) is 13.9 Å². The number of hydrogen-bond acceptors (Lipinski definition) is 4. The Kier molecular flexibility index (Phi) is 5.57. The van der Waals surface area contributed by atoms with Crippen LogP contribution < -0.4 is 4.72 Å². The summed E-state index contributed by atoms with van der Waals surface area (Å²) in [5.41, 5.74) is 0. The van der Waals surface area contributed by atoms with Crippen molar-refractivity contribution in [2.24, 2.45) is 0 Å². The van der Waals surface area contributed by atoms with Gasteiger partial charge in [0.05, 0.1) is 6.26 Å². The molecule has 1 atom stereocenters. The SMILES string of the molecule is O=C(c1ccco1)N1CCCC(NS(=O)(=O)N2CCCCCC2)C1. The summed E-state index contributed by atoms with van der Waals surface area (Å²) in [7, 11) is -3.49. The fourth-order valence-corrected chi connectivity index (χ4v) is 4.88. The van der Waals surface area contributed by atoms with Crippen LogP contribution in [0.1, 0.15) is 49.1 Å². The lowest BCUT2D eigenvalue weighted by Gasteiger charge is -2.33. The highest BCUT2D eigenvalue weighted by molar-refractivity contribution is 7.87. The van der Waals surface area contributed by atoms with Gasteiger partial charge >= 0.3 is 0 Å². The Morgan fingerprint density at radius 1 is 1.12 bits per heavy atom. The molecule has 8 heteroatoms. The van der Waals surface area contributed by atoms with Crippen molar-refractivity contribution in [1.29, 1.82) is 0 Å². The first-order valence-electron chi connectivity index (χ1n) is 8.66. The molecule has 1 aromatic heterocycles. The van der Waals surface area contributed by atoms with E-state index >= 15 is 0 Å². The maximum absolute atomic E-state index is 12.6. The second-order valence-corrected chi connectivity index (χ2v) is 8.21. The predicted octanol–water partition coefficient (Wildman–Crippen LogP) is 1.59. The number of hydrogen-bond donors (Lipinski definition) is 1. The zero-order valence-electron chi connectivity index (χ0n) is 13.8. The van der Waals surface area contributed by atoms with E-state index in [1.54, 1.807) is 21.3 Å². The molecule has 0 spiro atoms. The monoisotopic (exact) mass is 355 g/mol. The van der Waals surface area contributed by atoms with Crippen LogP contribution in [0.4, 0.5) is 0 Å². The molecule has 2 saturated heterocycles. The number of nitrogens with one attached hydrogen (secondary N) is 1. The van der Waals surface area contributed by atoms with E-state index in [1.165, 1.54) is 6.26 Å². The van der Waals surface area contributed by atoms with Gasteiger partial charge in [-0.05, 0) is 37.8 Å². The smallest absolute Gasteiger partial charge is 0.289 e. The average molecular weight is 355 g/mol. The summed E-state index contributed by atoms with van der Waals surface area (Å²) in [5.74, 6) is 0.115. The van der Waals surface area contributed by atoms with Crippen LogP contribution in [-0.2, 0) is 10.2 Å². The topological polar surface area (TPSA) is 82.9 Å². The summed E-state index contributed by atoms with van der Waals surface area (Å²) in [4.78, 5) is 14.0. The van der Waals surface area contributed by atoms with E-state index in [9.17, 15) is 13.2 Å². The number of furan rings is 1. The lowest BCUT2D eigenvalue weighted by Crippen LogP contribution is -2.53. The molecule has 7 nitrogen and oxygen atoms in total.